The van der Waals surface area contributed by atoms with Crippen molar-refractivity contribution in [3.8, 4) is 0 Å². The van der Waals surface area contributed by atoms with E-state index in [4.69, 9.17) is 0 Å². The zero-order chi connectivity index (χ0) is 13.1. The van der Waals surface area contributed by atoms with Gasteiger partial charge in [0.05, 0.1) is 0 Å². The summed E-state index contributed by atoms with van der Waals surface area (Å²) < 4.78 is 0. The minimum Gasteiger partial charge on any atom is -0.349 e. The van der Waals surface area contributed by atoms with Gasteiger partial charge in [0.2, 0.25) is 5.91 Å². The van der Waals surface area contributed by atoms with Crippen LogP contribution in [0, 0.1) is 5.92 Å². The molecule has 18 heavy (non-hydrogen) atoms. The molecule has 2 rings (SSSR count). The number of benzene rings is 1. The van der Waals surface area contributed by atoms with E-state index >= 15 is 0 Å². The zero-order valence-corrected chi connectivity index (χ0v) is 10.7. The van der Waals surface area contributed by atoms with Crippen LogP contribution in [-0.2, 0) is 4.79 Å². The molecular weight excluding hydrogens is 228 g/mol. The van der Waals surface area contributed by atoms with Gasteiger partial charge in [-0.05, 0) is 43.9 Å². The molecule has 0 saturated heterocycles. The second-order valence-electron chi connectivity index (χ2n) is 4.86. The lowest BCUT2D eigenvalue weighted by Crippen LogP contribution is -2.34. The lowest BCUT2D eigenvalue weighted by Gasteiger charge is -2.13. The SMILES string of the molecule is CC(=O)Nc1cccc(C(=O)N[C@H](C)C2CC2)c1. The Labute approximate surface area is 107 Å². The fourth-order valence-electron chi connectivity index (χ4n) is 1.95. The van der Waals surface area contributed by atoms with Gasteiger partial charge in [-0.2, -0.15) is 0 Å². The molecule has 0 aromatic heterocycles. The van der Waals surface area contributed by atoms with Gasteiger partial charge in [-0.25, -0.2) is 0 Å². The highest BCUT2D eigenvalue weighted by Gasteiger charge is 2.29. The first kappa shape index (κ1) is 12.6. The summed E-state index contributed by atoms with van der Waals surface area (Å²) in [6, 6.07) is 7.20. The number of carbonyl (C=O) groups excluding carboxylic acids is 2. The summed E-state index contributed by atoms with van der Waals surface area (Å²) in [5.41, 5.74) is 1.22. The van der Waals surface area contributed by atoms with Crippen LogP contribution in [0.25, 0.3) is 0 Å². The summed E-state index contributed by atoms with van der Waals surface area (Å²) in [5, 5.41) is 5.66. The van der Waals surface area contributed by atoms with E-state index in [0.29, 0.717) is 17.2 Å². The van der Waals surface area contributed by atoms with Crippen LogP contribution in [0.4, 0.5) is 5.69 Å². The number of rotatable bonds is 4. The topological polar surface area (TPSA) is 58.2 Å². The van der Waals surface area contributed by atoms with Gasteiger partial charge in [-0.3, -0.25) is 9.59 Å². The second kappa shape index (κ2) is 5.21. The van der Waals surface area contributed by atoms with Crippen LogP contribution in [-0.4, -0.2) is 17.9 Å². The first-order valence-electron chi connectivity index (χ1n) is 6.25. The minimum atomic E-state index is -0.140. The summed E-state index contributed by atoms with van der Waals surface area (Å²) in [6.07, 6.45) is 2.40. The van der Waals surface area contributed by atoms with E-state index in [-0.39, 0.29) is 17.9 Å². The van der Waals surface area contributed by atoms with Gasteiger partial charge in [0.1, 0.15) is 0 Å². The van der Waals surface area contributed by atoms with Crippen molar-refractivity contribution in [3.63, 3.8) is 0 Å². The molecule has 1 atom stereocenters. The maximum Gasteiger partial charge on any atom is 0.251 e. The number of anilines is 1. The Balaban J connectivity index is 2.02. The standard InChI is InChI=1S/C14H18N2O2/c1-9(11-6-7-11)15-14(18)12-4-3-5-13(8-12)16-10(2)17/h3-5,8-9,11H,6-7H2,1-2H3,(H,15,18)(H,16,17)/t9-/m1/s1. The summed E-state index contributed by atoms with van der Waals surface area (Å²) in [6.45, 7) is 3.48. The smallest absolute Gasteiger partial charge is 0.251 e. The molecule has 4 nitrogen and oxygen atoms in total. The maximum absolute atomic E-state index is 12.0. The number of nitrogens with one attached hydrogen (secondary N) is 2. The molecule has 0 aliphatic heterocycles. The molecule has 96 valence electrons. The average Bonchev–Trinajstić information content (AvgIpc) is 3.12. The zero-order valence-electron chi connectivity index (χ0n) is 10.7. The molecule has 4 heteroatoms. The lowest BCUT2D eigenvalue weighted by molar-refractivity contribution is -0.114. The Kier molecular flexibility index (Phi) is 3.65. The Morgan fingerprint density at radius 3 is 2.67 bits per heavy atom. The Morgan fingerprint density at radius 2 is 2.06 bits per heavy atom. The molecule has 0 heterocycles. The van der Waals surface area contributed by atoms with Crippen molar-refractivity contribution in [1.82, 2.24) is 5.32 Å². The normalized spacial score (nSPS) is 15.9. The highest BCUT2D eigenvalue weighted by atomic mass is 16.2. The predicted molar refractivity (Wildman–Crippen MR) is 70.4 cm³/mol. The van der Waals surface area contributed by atoms with Gasteiger partial charge in [0.15, 0.2) is 0 Å². The molecule has 1 aromatic carbocycles. The molecule has 0 unspecified atom stereocenters. The Bertz CT molecular complexity index is 467. The van der Waals surface area contributed by atoms with E-state index in [1.165, 1.54) is 19.8 Å². The molecule has 1 saturated carbocycles. The third kappa shape index (κ3) is 3.32. The molecule has 1 aromatic rings. The van der Waals surface area contributed by atoms with Gasteiger partial charge in [-0.15, -0.1) is 0 Å². The van der Waals surface area contributed by atoms with Crippen molar-refractivity contribution in [1.29, 1.82) is 0 Å². The average molecular weight is 246 g/mol. The lowest BCUT2D eigenvalue weighted by atomic mass is 10.1. The van der Waals surface area contributed by atoms with Crippen molar-refractivity contribution >= 4 is 17.5 Å². The number of hydrogen-bond acceptors (Lipinski definition) is 2. The molecular formula is C14H18N2O2. The van der Waals surface area contributed by atoms with Crippen molar-refractivity contribution in [2.75, 3.05) is 5.32 Å². The monoisotopic (exact) mass is 246 g/mol. The first-order chi connectivity index (χ1) is 8.56. The highest BCUT2D eigenvalue weighted by molar-refractivity contribution is 5.96. The van der Waals surface area contributed by atoms with Crippen LogP contribution < -0.4 is 10.6 Å². The summed E-state index contributed by atoms with van der Waals surface area (Å²) >= 11 is 0. The van der Waals surface area contributed by atoms with Gasteiger partial charge < -0.3 is 10.6 Å². The molecule has 1 fully saturated rings. The Morgan fingerprint density at radius 1 is 1.33 bits per heavy atom. The fourth-order valence-corrected chi connectivity index (χ4v) is 1.95. The van der Waals surface area contributed by atoms with E-state index in [9.17, 15) is 9.59 Å². The van der Waals surface area contributed by atoms with Crippen LogP contribution in [0.1, 0.15) is 37.0 Å². The van der Waals surface area contributed by atoms with Crippen LogP contribution in [0.5, 0.6) is 0 Å². The van der Waals surface area contributed by atoms with Gasteiger partial charge in [-0.1, -0.05) is 6.07 Å². The largest absolute Gasteiger partial charge is 0.349 e. The van der Waals surface area contributed by atoms with Gasteiger partial charge >= 0.3 is 0 Å². The van der Waals surface area contributed by atoms with E-state index in [1.54, 1.807) is 24.3 Å². The third-order valence-electron chi connectivity index (χ3n) is 3.13. The van der Waals surface area contributed by atoms with Crippen molar-refractivity contribution in [2.24, 2.45) is 5.92 Å². The molecule has 1 aliphatic carbocycles. The van der Waals surface area contributed by atoms with Crippen molar-refractivity contribution in [2.45, 2.75) is 32.7 Å². The third-order valence-corrected chi connectivity index (χ3v) is 3.13. The van der Waals surface area contributed by atoms with E-state index in [1.807, 2.05) is 6.92 Å². The Hall–Kier alpha value is -1.84. The van der Waals surface area contributed by atoms with E-state index in [2.05, 4.69) is 10.6 Å². The second-order valence-corrected chi connectivity index (χ2v) is 4.86. The fraction of sp³-hybridized carbons (Fsp3) is 0.429. The maximum atomic E-state index is 12.0. The van der Waals surface area contributed by atoms with Crippen molar-refractivity contribution < 1.29 is 9.59 Å². The highest BCUT2D eigenvalue weighted by Crippen LogP contribution is 2.32. The number of amides is 2. The summed E-state index contributed by atoms with van der Waals surface area (Å²) in [5.74, 6) is 0.410. The molecule has 2 N–H and O–H groups in total. The molecule has 0 radical (unpaired) electrons. The van der Waals surface area contributed by atoms with E-state index < -0.39 is 0 Å². The number of hydrogen-bond donors (Lipinski definition) is 2. The molecule has 0 bridgehead atoms. The summed E-state index contributed by atoms with van der Waals surface area (Å²) in [7, 11) is 0. The van der Waals surface area contributed by atoms with Crippen molar-refractivity contribution in [3.05, 3.63) is 29.8 Å². The molecule has 1 aliphatic rings. The van der Waals surface area contributed by atoms with Crippen LogP contribution in [0.3, 0.4) is 0 Å². The molecule has 0 spiro atoms. The first-order valence-corrected chi connectivity index (χ1v) is 6.25. The quantitative estimate of drug-likeness (QED) is 0.855. The van der Waals surface area contributed by atoms with Crippen LogP contribution >= 0.6 is 0 Å². The van der Waals surface area contributed by atoms with Gasteiger partial charge in [0, 0.05) is 24.2 Å². The van der Waals surface area contributed by atoms with E-state index in [0.717, 1.165) is 0 Å². The van der Waals surface area contributed by atoms with Crippen LogP contribution in [0.15, 0.2) is 24.3 Å². The predicted octanol–water partition coefficient (Wildman–Crippen LogP) is 2.17. The molecule has 2 amide bonds. The number of carbonyl (C=O) groups is 2. The van der Waals surface area contributed by atoms with Crippen LogP contribution in [0.2, 0.25) is 0 Å². The summed E-state index contributed by atoms with van der Waals surface area (Å²) in [4.78, 5) is 23.0. The van der Waals surface area contributed by atoms with Gasteiger partial charge in [0.25, 0.3) is 5.91 Å². The minimum absolute atomic E-state index is 0.0818.